The Morgan fingerprint density at radius 1 is 0.607 bits per heavy atom. The second kappa shape index (κ2) is 18.7. The van der Waals surface area contributed by atoms with Crippen LogP contribution in [0.5, 0.6) is 0 Å². The van der Waals surface area contributed by atoms with E-state index < -0.39 is 31.4 Å². The number of nitrogens with zero attached hydrogens (tertiary/aromatic N) is 6. The molecule has 2 saturated heterocycles. The second-order valence-electron chi connectivity index (χ2n) is 14.9. The van der Waals surface area contributed by atoms with Crippen molar-refractivity contribution in [3.63, 3.8) is 0 Å². The number of hydrogen-bond acceptors (Lipinski definition) is 11. The highest BCUT2D eigenvalue weighted by molar-refractivity contribution is 8.01. The summed E-state index contributed by atoms with van der Waals surface area (Å²) >= 11 is 0.903. The zero-order valence-electron chi connectivity index (χ0n) is 33.5. The van der Waals surface area contributed by atoms with Gasteiger partial charge < -0.3 is 19.6 Å². The van der Waals surface area contributed by atoms with E-state index in [2.05, 4.69) is 0 Å². The van der Waals surface area contributed by atoms with Gasteiger partial charge in [0.15, 0.2) is 12.6 Å². The molecule has 2 aromatic rings. The summed E-state index contributed by atoms with van der Waals surface area (Å²) < 4.78 is 0. The molecule has 4 unspecified atom stereocenters. The van der Waals surface area contributed by atoms with Gasteiger partial charge >= 0.3 is 0 Å². The van der Waals surface area contributed by atoms with Gasteiger partial charge in [-0.2, -0.15) is 0 Å². The minimum atomic E-state index is -2.20. The summed E-state index contributed by atoms with van der Waals surface area (Å²) in [4.78, 5) is 108. The third-order valence-electron chi connectivity index (χ3n) is 11.4. The highest BCUT2D eigenvalue weighted by Crippen LogP contribution is 2.50. The Bertz CT molecular complexity index is 2160. The molecule has 2 fully saturated rings. The molecule has 4 aliphatic rings. The number of amides is 4. The minimum Gasteiger partial charge on any atom is -0.339 e. The number of allylic oxidation sites excluding steroid dienone is 6. The first-order chi connectivity index (χ1) is 29.2. The van der Waals surface area contributed by atoms with E-state index in [1.54, 1.807) is 56.0 Å². The molecule has 0 spiro atoms. The van der Waals surface area contributed by atoms with E-state index in [1.807, 2.05) is 0 Å². The van der Waals surface area contributed by atoms with Crippen LogP contribution in [0.2, 0.25) is 0 Å². The van der Waals surface area contributed by atoms with Crippen LogP contribution in [0.4, 0.5) is 0 Å². The molecule has 0 aromatic heterocycles. The molecule has 17 heteroatoms. The highest BCUT2D eigenvalue weighted by Gasteiger charge is 2.58. The minimum absolute atomic E-state index is 0.0184. The lowest BCUT2D eigenvalue weighted by atomic mass is 9.79. The van der Waals surface area contributed by atoms with E-state index >= 15 is 0 Å². The van der Waals surface area contributed by atoms with Gasteiger partial charge in [-0.05, 0) is 23.3 Å². The molecule has 2 aliphatic carbocycles. The molecule has 0 bridgehead atoms. The van der Waals surface area contributed by atoms with Gasteiger partial charge in [0.25, 0.3) is 11.1 Å². The number of nitro groups is 2. The lowest BCUT2D eigenvalue weighted by Crippen LogP contribution is -2.50. The van der Waals surface area contributed by atoms with E-state index in [1.165, 1.54) is 86.7 Å². The molecule has 2 aromatic carbocycles. The Kier molecular flexibility index (Phi) is 13.4. The van der Waals surface area contributed by atoms with Gasteiger partial charge in [-0.15, -0.1) is 11.8 Å². The fourth-order valence-electron chi connectivity index (χ4n) is 8.05. The zero-order chi connectivity index (χ0) is 43.9. The molecule has 16 nitrogen and oxygen atoms in total. The molecule has 2 heterocycles. The molecule has 2 aliphatic heterocycles. The summed E-state index contributed by atoms with van der Waals surface area (Å²) in [7, 11) is 0. The number of piperazine rings is 2. The monoisotopic (exact) mass is 848 g/mol. The van der Waals surface area contributed by atoms with Crippen molar-refractivity contribution in [1.29, 1.82) is 0 Å². The first-order valence-corrected chi connectivity index (χ1v) is 20.5. The predicted octanol–water partition coefficient (Wildman–Crippen LogP) is 3.91. The summed E-state index contributed by atoms with van der Waals surface area (Å²) in [5, 5.41) is 24.9. The standard InChI is InChI=1S/C44H44N6O10S/c1-31(53)45-19-23-47(24-20-45)41(55)17-13-33-11-15-39(43(27-33,49(57)58)37-9-5-3-7-35(37)29-51)61-40-16-12-34(14-18-42(56)48-25-21-46(22-26-48)32(2)54)28-44(40,50(59)60)38-10-6-4-8-36(38)30-52/h3-18,27-30,39-40H,19-26H2,1-2H3/b17-13+,18-14+. The van der Waals surface area contributed by atoms with E-state index in [-0.39, 0.29) is 57.0 Å². The van der Waals surface area contributed by atoms with Gasteiger partial charge in [0, 0.05) is 123 Å². The van der Waals surface area contributed by atoms with Crippen LogP contribution in [0.3, 0.4) is 0 Å². The average molecular weight is 849 g/mol. The Morgan fingerprint density at radius 3 is 1.28 bits per heavy atom. The lowest BCUT2D eigenvalue weighted by molar-refractivity contribution is -0.563. The van der Waals surface area contributed by atoms with E-state index in [0.717, 1.165) is 11.8 Å². The summed E-state index contributed by atoms with van der Waals surface area (Å²) in [5.74, 6) is -0.909. The van der Waals surface area contributed by atoms with E-state index in [4.69, 9.17) is 0 Å². The van der Waals surface area contributed by atoms with Crippen LogP contribution in [0.1, 0.15) is 45.7 Å². The van der Waals surface area contributed by atoms with Crippen molar-refractivity contribution in [2.24, 2.45) is 0 Å². The summed E-state index contributed by atoms with van der Waals surface area (Å²) in [6.45, 7) is 5.63. The van der Waals surface area contributed by atoms with Crippen molar-refractivity contribution in [2.45, 2.75) is 35.4 Å². The third kappa shape index (κ3) is 8.92. The predicted molar refractivity (Wildman–Crippen MR) is 227 cm³/mol. The van der Waals surface area contributed by atoms with Crippen molar-refractivity contribution < 1.29 is 38.6 Å². The fourth-order valence-corrected chi connectivity index (χ4v) is 9.68. The second-order valence-corrected chi connectivity index (χ2v) is 16.2. The molecule has 0 radical (unpaired) electrons. The van der Waals surface area contributed by atoms with Crippen LogP contribution in [0.15, 0.2) is 120 Å². The first-order valence-electron chi connectivity index (χ1n) is 19.6. The number of rotatable bonds is 12. The average Bonchev–Trinajstić information content (AvgIpc) is 3.27. The molecule has 0 N–H and O–H groups in total. The Balaban J connectivity index is 1.39. The molecule has 4 amide bonds. The maximum atomic E-state index is 13.7. The number of hydrogen-bond donors (Lipinski definition) is 0. The Labute approximate surface area is 355 Å². The molecule has 4 atom stereocenters. The van der Waals surface area contributed by atoms with Gasteiger partial charge in [0.2, 0.25) is 23.6 Å². The number of benzene rings is 2. The van der Waals surface area contributed by atoms with Crippen LogP contribution in [-0.2, 0) is 30.3 Å². The van der Waals surface area contributed by atoms with E-state index in [9.17, 15) is 49.0 Å². The molecule has 61 heavy (non-hydrogen) atoms. The maximum absolute atomic E-state index is 13.7. The van der Waals surface area contributed by atoms with Crippen molar-refractivity contribution >= 4 is 48.0 Å². The van der Waals surface area contributed by atoms with Gasteiger partial charge in [0.1, 0.15) is 10.5 Å². The topological polar surface area (TPSA) is 202 Å². The van der Waals surface area contributed by atoms with Crippen molar-refractivity contribution in [3.8, 4) is 0 Å². The van der Waals surface area contributed by atoms with Gasteiger partial charge in [-0.3, -0.25) is 49.0 Å². The molecular weight excluding hydrogens is 805 g/mol. The van der Waals surface area contributed by atoms with Crippen LogP contribution in [0, 0.1) is 20.2 Å². The SMILES string of the molecule is CC(=O)N1CCN(C(=O)/C=C/C2=CC(c3ccccc3C=O)([N+](=O)[O-])C(SC3C=CC(/C=C/C(=O)N4CCN(C(C)=O)CC4)=CC3(c3ccccc3C=O)[N+](=O)[O-])C=C2)CC1. The van der Waals surface area contributed by atoms with E-state index in [0.29, 0.717) is 64.9 Å². The van der Waals surface area contributed by atoms with Gasteiger partial charge in [-0.25, -0.2) is 0 Å². The summed E-state index contributed by atoms with van der Waals surface area (Å²) in [6, 6.07) is 12.0. The summed E-state index contributed by atoms with van der Waals surface area (Å²) in [6.07, 6.45) is 15.3. The number of thioether (sulfide) groups is 1. The lowest BCUT2D eigenvalue weighted by Gasteiger charge is -2.38. The van der Waals surface area contributed by atoms with Crippen molar-refractivity contribution in [1.82, 2.24) is 19.6 Å². The van der Waals surface area contributed by atoms with Gasteiger partial charge in [0.05, 0.1) is 0 Å². The molecule has 316 valence electrons. The quantitative estimate of drug-likeness (QED) is 0.130. The Hall–Kier alpha value is -6.75. The normalized spacial score (nSPS) is 24.0. The van der Waals surface area contributed by atoms with Crippen LogP contribution in [-0.4, -0.2) is 129 Å². The zero-order valence-corrected chi connectivity index (χ0v) is 34.3. The third-order valence-corrected chi connectivity index (χ3v) is 13.0. The number of carbonyl (C=O) groups is 6. The number of carbonyl (C=O) groups excluding carboxylic acids is 6. The summed E-state index contributed by atoms with van der Waals surface area (Å²) in [5.41, 5.74) is -3.76. The maximum Gasteiger partial charge on any atom is 0.281 e. The first kappa shape index (κ1) is 43.8. The van der Waals surface area contributed by atoms with Crippen LogP contribution < -0.4 is 0 Å². The van der Waals surface area contributed by atoms with Crippen molar-refractivity contribution in [3.05, 3.63) is 163 Å². The fraction of sp³-hybridized carbons (Fsp3) is 0.318. The molecular formula is C44H44N6O10S. The van der Waals surface area contributed by atoms with Gasteiger partial charge in [-0.1, -0.05) is 72.8 Å². The smallest absolute Gasteiger partial charge is 0.281 e. The van der Waals surface area contributed by atoms with Crippen LogP contribution in [0.25, 0.3) is 0 Å². The van der Waals surface area contributed by atoms with Crippen molar-refractivity contribution in [2.75, 3.05) is 52.4 Å². The Morgan fingerprint density at radius 2 is 0.951 bits per heavy atom. The number of aldehydes is 2. The largest absolute Gasteiger partial charge is 0.339 e. The molecule has 0 saturated carbocycles. The molecule has 6 rings (SSSR count). The van der Waals surface area contributed by atoms with Crippen LogP contribution >= 0.6 is 11.8 Å². The highest BCUT2D eigenvalue weighted by atomic mass is 32.2.